The van der Waals surface area contributed by atoms with E-state index in [1.165, 1.54) is 6.20 Å². The summed E-state index contributed by atoms with van der Waals surface area (Å²) in [5, 5.41) is 0. The fourth-order valence-electron chi connectivity index (χ4n) is 3.57. The summed E-state index contributed by atoms with van der Waals surface area (Å²) in [5.41, 5.74) is 1.87. The number of benzene rings is 1. The second-order valence-corrected chi connectivity index (χ2v) is 7.28. The number of piperidine rings is 1. The Kier molecular flexibility index (Phi) is 5.66. The van der Waals surface area contributed by atoms with Gasteiger partial charge in [-0.25, -0.2) is 0 Å². The standard InChI is InChI=1S/C19H23N3O3S/c1-3-25-18(24)19(11-15-8-5-4-7-14(15)2)9-6-10-22(13-19)17(23)16-12-20-26-21-16/h4-5,7-8,12H,3,6,9-11,13H2,1-2H3/t19-/m0/s1. The lowest BCUT2D eigenvalue weighted by Gasteiger charge is -2.41. The molecule has 1 aliphatic heterocycles. The van der Waals surface area contributed by atoms with Gasteiger partial charge in [-0.15, -0.1) is 0 Å². The van der Waals surface area contributed by atoms with Gasteiger partial charge in [0.05, 0.1) is 29.9 Å². The maximum atomic E-state index is 12.9. The molecule has 0 N–H and O–H groups in total. The lowest BCUT2D eigenvalue weighted by molar-refractivity contribution is -0.158. The summed E-state index contributed by atoms with van der Waals surface area (Å²) in [4.78, 5) is 27.3. The van der Waals surface area contributed by atoms with E-state index in [4.69, 9.17) is 4.74 Å². The van der Waals surface area contributed by atoms with Crippen molar-refractivity contribution in [3.8, 4) is 0 Å². The predicted octanol–water partition coefficient (Wildman–Crippen LogP) is 2.87. The molecule has 0 saturated carbocycles. The average molecular weight is 373 g/mol. The first-order valence-electron chi connectivity index (χ1n) is 8.84. The molecule has 26 heavy (non-hydrogen) atoms. The number of aryl methyl sites for hydroxylation is 1. The summed E-state index contributed by atoms with van der Waals surface area (Å²) in [5.74, 6) is -0.394. The second kappa shape index (κ2) is 7.95. The van der Waals surface area contributed by atoms with Crippen LogP contribution in [0.4, 0.5) is 0 Å². The molecule has 7 heteroatoms. The quantitative estimate of drug-likeness (QED) is 0.754. The Morgan fingerprint density at radius 1 is 1.35 bits per heavy atom. The van der Waals surface area contributed by atoms with Crippen molar-refractivity contribution in [1.82, 2.24) is 13.6 Å². The van der Waals surface area contributed by atoms with Gasteiger partial charge in [0.25, 0.3) is 5.91 Å². The summed E-state index contributed by atoms with van der Waals surface area (Å²) in [6.07, 6.45) is 3.51. The normalized spacial score (nSPS) is 20.0. The van der Waals surface area contributed by atoms with Gasteiger partial charge in [-0.1, -0.05) is 24.3 Å². The topological polar surface area (TPSA) is 72.4 Å². The molecular formula is C19H23N3O3S. The van der Waals surface area contributed by atoms with Crippen LogP contribution < -0.4 is 0 Å². The van der Waals surface area contributed by atoms with E-state index >= 15 is 0 Å². The summed E-state index contributed by atoms with van der Waals surface area (Å²) >= 11 is 1.01. The van der Waals surface area contributed by atoms with Crippen LogP contribution >= 0.6 is 11.7 Å². The number of aromatic nitrogens is 2. The molecule has 1 amide bonds. The highest BCUT2D eigenvalue weighted by Crippen LogP contribution is 2.36. The van der Waals surface area contributed by atoms with Gasteiger partial charge in [-0.3, -0.25) is 9.59 Å². The fraction of sp³-hybridized carbons (Fsp3) is 0.474. The van der Waals surface area contributed by atoms with Gasteiger partial charge in [0, 0.05) is 13.1 Å². The van der Waals surface area contributed by atoms with E-state index in [9.17, 15) is 9.59 Å². The Morgan fingerprint density at radius 3 is 2.85 bits per heavy atom. The van der Waals surface area contributed by atoms with Crippen molar-refractivity contribution in [1.29, 1.82) is 0 Å². The van der Waals surface area contributed by atoms with Crippen molar-refractivity contribution >= 4 is 23.6 Å². The van der Waals surface area contributed by atoms with Crippen LogP contribution in [0.25, 0.3) is 0 Å². The Labute approximate surface area is 157 Å². The molecule has 1 saturated heterocycles. The minimum atomic E-state index is -0.723. The zero-order chi connectivity index (χ0) is 18.6. The van der Waals surface area contributed by atoms with Gasteiger partial charge in [0.2, 0.25) is 0 Å². The van der Waals surface area contributed by atoms with Crippen molar-refractivity contribution in [3.63, 3.8) is 0 Å². The van der Waals surface area contributed by atoms with Gasteiger partial charge < -0.3 is 9.64 Å². The zero-order valence-corrected chi connectivity index (χ0v) is 15.9. The number of esters is 1. The number of carbonyl (C=O) groups excluding carboxylic acids is 2. The molecule has 3 rings (SSSR count). The number of rotatable bonds is 5. The number of ether oxygens (including phenoxy) is 1. The van der Waals surface area contributed by atoms with Crippen LogP contribution in [0.15, 0.2) is 30.5 Å². The number of nitrogens with zero attached hydrogens (tertiary/aromatic N) is 3. The smallest absolute Gasteiger partial charge is 0.314 e. The molecule has 2 aromatic rings. The molecule has 0 radical (unpaired) electrons. The van der Waals surface area contributed by atoms with Gasteiger partial charge in [-0.05, 0) is 44.2 Å². The number of hydrogen-bond donors (Lipinski definition) is 0. The second-order valence-electron chi connectivity index (χ2n) is 6.73. The highest BCUT2D eigenvalue weighted by molar-refractivity contribution is 6.99. The van der Waals surface area contributed by atoms with Gasteiger partial charge in [0.15, 0.2) is 5.69 Å². The van der Waals surface area contributed by atoms with Gasteiger partial charge in [-0.2, -0.15) is 8.75 Å². The minimum Gasteiger partial charge on any atom is -0.466 e. The first-order chi connectivity index (χ1) is 12.6. The molecule has 0 aliphatic carbocycles. The van der Waals surface area contributed by atoms with Crippen LogP contribution in [0.1, 0.15) is 41.4 Å². The lowest BCUT2D eigenvalue weighted by atomic mass is 9.74. The van der Waals surface area contributed by atoms with E-state index in [1.807, 2.05) is 38.1 Å². The third-order valence-corrected chi connectivity index (χ3v) is 5.42. The molecule has 6 nitrogen and oxygen atoms in total. The Balaban J connectivity index is 1.89. The minimum absolute atomic E-state index is 0.170. The molecular weight excluding hydrogens is 350 g/mol. The van der Waals surface area contributed by atoms with Crippen molar-refractivity contribution in [2.75, 3.05) is 19.7 Å². The van der Waals surface area contributed by atoms with Gasteiger partial charge >= 0.3 is 5.97 Å². The van der Waals surface area contributed by atoms with E-state index < -0.39 is 5.41 Å². The summed E-state index contributed by atoms with van der Waals surface area (Å²) in [6, 6.07) is 8.05. The lowest BCUT2D eigenvalue weighted by Crippen LogP contribution is -2.51. The van der Waals surface area contributed by atoms with E-state index in [0.717, 1.165) is 29.3 Å². The summed E-state index contributed by atoms with van der Waals surface area (Å²) in [6.45, 7) is 5.15. The van der Waals surface area contributed by atoms with E-state index in [1.54, 1.807) is 4.90 Å². The summed E-state index contributed by atoms with van der Waals surface area (Å²) in [7, 11) is 0. The maximum Gasteiger partial charge on any atom is 0.314 e. The molecule has 0 spiro atoms. The SMILES string of the molecule is CCOC(=O)[C@]1(Cc2ccccc2C)CCCN(C(=O)c2cnsn2)C1. The molecule has 1 aliphatic rings. The number of amides is 1. The van der Waals surface area contributed by atoms with Crippen LogP contribution in [0, 0.1) is 12.3 Å². The first-order valence-corrected chi connectivity index (χ1v) is 9.57. The van der Waals surface area contributed by atoms with Crippen molar-refractivity contribution in [3.05, 3.63) is 47.3 Å². The average Bonchev–Trinajstić information content (AvgIpc) is 3.18. The van der Waals surface area contributed by atoms with Crippen molar-refractivity contribution in [2.24, 2.45) is 5.41 Å². The van der Waals surface area contributed by atoms with Crippen LogP contribution in [0.5, 0.6) is 0 Å². The summed E-state index contributed by atoms with van der Waals surface area (Å²) < 4.78 is 13.4. The first kappa shape index (κ1) is 18.5. The van der Waals surface area contributed by atoms with Gasteiger partial charge in [0.1, 0.15) is 0 Å². The Bertz CT molecular complexity index is 778. The maximum absolute atomic E-state index is 12.9. The Hall–Kier alpha value is -2.28. The van der Waals surface area contributed by atoms with Crippen LogP contribution in [-0.4, -0.2) is 45.2 Å². The molecule has 1 aromatic carbocycles. The molecule has 1 atom stereocenters. The molecule has 0 unspecified atom stereocenters. The third-order valence-electron chi connectivity index (χ3n) is 4.94. The molecule has 1 fully saturated rings. The number of hydrogen-bond acceptors (Lipinski definition) is 6. The van der Waals surface area contributed by atoms with E-state index in [-0.39, 0.29) is 11.9 Å². The molecule has 0 bridgehead atoms. The fourth-order valence-corrected chi connectivity index (χ4v) is 3.97. The third kappa shape index (κ3) is 3.77. The highest BCUT2D eigenvalue weighted by Gasteiger charge is 2.45. The number of likely N-dealkylation sites (tertiary alicyclic amines) is 1. The van der Waals surface area contributed by atoms with Crippen LogP contribution in [-0.2, 0) is 16.0 Å². The predicted molar refractivity (Wildman–Crippen MR) is 99.0 cm³/mol. The largest absolute Gasteiger partial charge is 0.466 e. The zero-order valence-electron chi connectivity index (χ0n) is 15.1. The highest BCUT2D eigenvalue weighted by atomic mass is 32.1. The Morgan fingerprint density at radius 2 is 2.15 bits per heavy atom. The van der Waals surface area contributed by atoms with Crippen molar-refractivity contribution in [2.45, 2.75) is 33.1 Å². The van der Waals surface area contributed by atoms with Crippen molar-refractivity contribution < 1.29 is 14.3 Å². The van der Waals surface area contributed by atoms with E-state index in [2.05, 4.69) is 8.75 Å². The molecule has 1 aromatic heterocycles. The molecule has 2 heterocycles. The van der Waals surface area contributed by atoms with Crippen LogP contribution in [0.2, 0.25) is 0 Å². The molecule has 138 valence electrons. The monoisotopic (exact) mass is 373 g/mol. The van der Waals surface area contributed by atoms with E-state index in [0.29, 0.717) is 38.2 Å². The number of carbonyl (C=O) groups is 2. The van der Waals surface area contributed by atoms with Crippen LogP contribution in [0.3, 0.4) is 0 Å².